The second kappa shape index (κ2) is 6.76. The van der Waals surface area contributed by atoms with Crippen LogP contribution in [0, 0.1) is 0 Å². The van der Waals surface area contributed by atoms with Crippen LogP contribution in [0.1, 0.15) is 5.56 Å². The fraction of sp³-hybridized carbons (Fsp3) is 0.364. The third-order valence-corrected chi connectivity index (χ3v) is 2.76. The molecule has 0 amide bonds. The topological polar surface area (TPSA) is 69.7 Å². The van der Waals surface area contributed by atoms with Gasteiger partial charge in [-0.3, -0.25) is 0 Å². The second-order valence-electron chi connectivity index (χ2n) is 3.46. The van der Waals surface area contributed by atoms with Crippen LogP contribution in [0.25, 0.3) is 0 Å². The first-order valence-corrected chi connectivity index (χ1v) is 5.94. The molecule has 0 bridgehead atoms. The molecule has 0 heterocycles. The molecule has 0 aliphatic rings. The maximum atomic E-state index is 9.00. The molecular weight excluding hydrogens is 260 g/mol. The van der Waals surface area contributed by atoms with Gasteiger partial charge in [0.2, 0.25) is 0 Å². The molecule has 1 rings (SSSR count). The largest absolute Gasteiger partial charge is 0.395 e. The van der Waals surface area contributed by atoms with E-state index in [1.807, 2.05) is 4.90 Å². The Morgan fingerprint density at radius 3 is 2.35 bits per heavy atom. The van der Waals surface area contributed by atoms with Crippen LogP contribution in [0.2, 0.25) is 5.02 Å². The summed E-state index contributed by atoms with van der Waals surface area (Å²) in [7, 11) is 0. The Labute approximate surface area is 111 Å². The summed E-state index contributed by atoms with van der Waals surface area (Å²) in [5, 5.41) is 18.5. The highest BCUT2D eigenvalue weighted by molar-refractivity contribution is 7.80. The van der Waals surface area contributed by atoms with Crippen molar-refractivity contribution in [1.82, 2.24) is 0 Å². The Morgan fingerprint density at radius 2 is 1.88 bits per heavy atom. The highest BCUT2D eigenvalue weighted by Gasteiger charge is 2.12. The fourth-order valence-electron chi connectivity index (χ4n) is 1.58. The lowest BCUT2D eigenvalue weighted by molar-refractivity contribution is 0.281. The van der Waals surface area contributed by atoms with Gasteiger partial charge in [-0.05, 0) is 18.2 Å². The van der Waals surface area contributed by atoms with E-state index in [1.54, 1.807) is 18.2 Å². The summed E-state index contributed by atoms with van der Waals surface area (Å²) >= 11 is 10.9. The summed E-state index contributed by atoms with van der Waals surface area (Å²) in [6.07, 6.45) is 0. The number of thiocarbonyl (C=S) groups is 1. The van der Waals surface area contributed by atoms with Crippen LogP contribution < -0.4 is 10.6 Å². The maximum Gasteiger partial charge on any atom is 0.106 e. The Hall–Kier alpha value is -0.880. The number of halogens is 1. The Morgan fingerprint density at radius 1 is 1.29 bits per heavy atom. The van der Waals surface area contributed by atoms with Gasteiger partial charge >= 0.3 is 0 Å². The average Bonchev–Trinajstić information content (AvgIpc) is 2.28. The molecule has 0 aromatic heterocycles. The first kappa shape index (κ1) is 14.2. The van der Waals surface area contributed by atoms with Crippen molar-refractivity contribution in [2.24, 2.45) is 5.73 Å². The summed E-state index contributed by atoms with van der Waals surface area (Å²) in [5.41, 5.74) is 7.05. The molecule has 94 valence electrons. The Balaban J connectivity index is 3.12. The number of aliphatic hydroxyl groups is 2. The SMILES string of the molecule is NC(=S)c1cc(Cl)ccc1N(CCO)CCO. The first-order chi connectivity index (χ1) is 8.10. The molecule has 0 spiro atoms. The molecule has 0 saturated carbocycles. The van der Waals surface area contributed by atoms with Gasteiger partial charge in [0.1, 0.15) is 4.99 Å². The molecule has 17 heavy (non-hydrogen) atoms. The van der Waals surface area contributed by atoms with E-state index in [2.05, 4.69) is 0 Å². The molecule has 4 N–H and O–H groups in total. The molecular formula is C11H15ClN2O2S. The Bertz CT molecular complexity index is 395. The van der Waals surface area contributed by atoms with Crippen LogP contribution in [-0.2, 0) is 0 Å². The number of rotatable bonds is 6. The predicted molar refractivity (Wildman–Crippen MR) is 73.7 cm³/mol. The van der Waals surface area contributed by atoms with Crippen molar-refractivity contribution in [3.05, 3.63) is 28.8 Å². The smallest absolute Gasteiger partial charge is 0.106 e. The zero-order valence-corrected chi connectivity index (χ0v) is 10.8. The number of benzene rings is 1. The van der Waals surface area contributed by atoms with Gasteiger partial charge < -0.3 is 20.8 Å². The zero-order valence-electron chi connectivity index (χ0n) is 9.27. The third-order valence-electron chi connectivity index (χ3n) is 2.30. The van der Waals surface area contributed by atoms with Crippen molar-refractivity contribution in [3.8, 4) is 0 Å². The van der Waals surface area contributed by atoms with E-state index in [0.717, 1.165) is 5.69 Å². The minimum atomic E-state index is -0.0145. The lowest BCUT2D eigenvalue weighted by atomic mass is 10.1. The molecule has 4 nitrogen and oxygen atoms in total. The van der Waals surface area contributed by atoms with Gasteiger partial charge in [-0.2, -0.15) is 0 Å². The molecule has 0 unspecified atom stereocenters. The van der Waals surface area contributed by atoms with Crippen molar-refractivity contribution in [2.75, 3.05) is 31.2 Å². The van der Waals surface area contributed by atoms with Crippen molar-refractivity contribution in [2.45, 2.75) is 0 Å². The van der Waals surface area contributed by atoms with Gasteiger partial charge in [0.05, 0.1) is 13.2 Å². The van der Waals surface area contributed by atoms with Crippen LogP contribution in [-0.4, -0.2) is 41.5 Å². The molecule has 0 radical (unpaired) electrons. The summed E-state index contributed by atoms with van der Waals surface area (Å²) < 4.78 is 0. The van der Waals surface area contributed by atoms with Gasteiger partial charge in [-0.15, -0.1) is 0 Å². The molecule has 0 aliphatic carbocycles. The van der Waals surface area contributed by atoms with E-state index in [-0.39, 0.29) is 18.2 Å². The third kappa shape index (κ3) is 3.81. The highest BCUT2D eigenvalue weighted by Crippen LogP contribution is 2.24. The molecule has 1 aromatic rings. The van der Waals surface area contributed by atoms with Gasteiger partial charge in [0.25, 0.3) is 0 Å². The number of hydrogen-bond donors (Lipinski definition) is 3. The molecule has 0 fully saturated rings. The van der Waals surface area contributed by atoms with Crippen molar-refractivity contribution >= 4 is 34.5 Å². The molecule has 0 atom stereocenters. The zero-order chi connectivity index (χ0) is 12.8. The second-order valence-corrected chi connectivity index (χ2v) is 4.34. The minimum absolute atomic E-state index is 0.0145. The fourth-order valence-corrected chi connectivity index (χ4v) is 1.91. The van der Waals surface area contributed by atoms with Gasteiger partial charge in [-0.25, -0.2) is 0 Å². The van der Waals surface area contributed by atoms with E-state index < -0.39 is 0 Å². The van der Waals surface area contributed by atoms with Crippen molar-refractivity contribution in [3.63, 3.8) is 0 Å². The van der Waals surface area contributed by atoms with E-state index >= 15 is 0 Å². The van der Waals surface area contributed by atoms with E-state index in [9.17, 15) is 0 Å². The van der Waals surface area contributed by atoms with Crippen molar-refractivity contribution < 1.29 is 10.2 Å². The van der Waals surface area contributed by atoms with Gasteiger partial charge in [0.15, 0.2) is 0 Å². The average molecular weight is 275 g/mol. The van der Waals surface area contributed by atoms with E-state index in [1.165, 1.54) is 0 Å². The maximum absolute atomic E-state index is 9.00. The van der Waals surface area contributed by atoms with Crippen LogP contribution in [0.3, 0.4) is 0 Å². The number of aliphatic hydroxyl groups excluding tert-OH is 2. The quantitative estimate of drug-likeness (QED) is 0.669. The number of nitrogens with two attached hydrogens (primary N) is 1. The molecule has 1 aromatic carbocycles. The summed E-state index contributed by atoms with van der Waals surface area (Å²) in [4.78, 5) is 2.05. The summed E-state index contributed by atoms with van der Waals surface area (Å²) in [5.74, 6) is 0. The summed E-state index contributed by atoms with van der Waals surface area (Å²) in [6, 6.07) is 5.18. The standard InChI is InChI=1S/C11H15ClN2O2S/c12-8-1-2-10(9(7-8)11(13)17)14(3-5-15)4-6-16/h1-2,7,15-16H,3-6H2,(H2,13,17). The van der Waals surface area contributed by atoms with Gasteiger partial charge in [0, 0.05) is 29.4 Å². The predicted octanol–water partition coefficient (Wildman–Crippen LogP) is 0.765. The molecule has 6 heteroatoms. The monoisotopic (exact) mass is 274 g/mol. The Kier molecular flexibility index (Phi) is 5.64. The summed E-state index contributed by atoms with van der Waals surface area (Å²) in [6.45, 7) is 0.772. The highest BCUT2D eigenvalue weighted by atomic mass is 35.5. The van der Waals surface area contributed by atoms with Crippen LogP contribution in [0.4, 0.5) is 5.69 Å². The minimum Gasteiger partial charge on any atom is -0.395 e. The lowest BCUT2D eigenvalue weighted by Crippen LogP contribution is -2.31. The number of nitrogens with zero attached hydrogens (tertiary/aromatic N) is 1. The normalized spacial score (nSPS) is 10.3. The van der Waals surface area contributed by atoms with Crippen LogP contribution in [0.5, 0.6) is 0 Å². The van der Waals surface area contributed by atoms with Crippen LogP contribution in [0.15, 0.2) is 18.2 Å². The van der Waals surface area contributed by atoms with E-state index in [0.29, 0.717) is 23.7 Å². The van der Waals surface area contributed by atoms with Crippen LogP contribution >= 0.6 is 23.8 Å². The number of anilines is 1. The number of hydrogen-bond acceptors (Lipinski definition) is 4. The van der Waals surface area contributed by atoms with Gasteiger partial charge in [-0.1, -0.05) is 23.8 Å². The first-order valence-electron chi connectivity index (χ1n) is 5.16. The van der Waals surface area contributed by atoms with E-state index in [4.69, 9.17) is 39.8 Å². The lowest BCUT2D eigenvalue weighted by Gasteiger charge is -2.25. The van der Waals surface area contributed by atoms with Crippen molar-refractivity contribution in [1.29, 1.82) is 0 Å². The molecule has 0 aliphatic heterocycles. The molecule has 0 saturated heterocycles.